The standard InChI is InChI=1S/C12H10FN3O3S2/c1-6-2-3-8(13)7(4-6)10(19)14-11-15-16-12(21-11)20-5-9(17)18/h2-4H,5H2,1H3,(H,17,18)(H,14,15,19). The number of nitrogens with one attached hydrogen (secondary N) is 1. The van der Waals surface area contributed by atoms with Crippen molar-refractivity contribution in [3.05, 3.63) is 35.1 Å². The van der Waals surface area contributed by atoms with Crippen LogP contribution in [0.1, 0.15) is 15.9 Å². The van der Waals surface area contributed by atoms with E-state index in [2.05, 4.69) is 15.5 Å². The van der Waals surface area contributed by atoms with Gasteiger partial charge in [0.1, 0.15) is 5.82 Å². The zero-order chi connectivity index (χ0) is 15.4. The van der Waals surface area contributed by atoms with Crippen molar-refractivity contribution in [3.63, 3.8) is 0 Å². The van der Waals surface area contributed by atoms with Gasteiger partial charge in [0, 0.05) is 0 Å². The molecule has 0 aliphatic rings. The highest BCUT2D eigenvalue weighted by Gasteiger charge is 2.15. The van der Waals surface area contributed by atoms with E-state index in [1.165, 1.54) is 12.1 Å². The second kappa shape index (κ2) is 6.64. The Kier molecular flexibility index (Phi) is 4.86. The molecule has 6 nitrogen and oxygen atoms in total. The third kappa shape index (κ3) is 4.23. The number of rotatable bonds is 5. The number of anilines is 1. The number of amides is 1. The fourth-order valence-electron chi connectivity index (χ4n) is 1.42. The first-order valence-electron chi connectivity index (χ1n) is 5.71. The molecule has 9 heteroatoms. The van der Waals surface area contributed by atoms with Crippen molar-refractivity contribution in [2.24, 2.45) is 0 Å². The smallest absolute Gasteiger partial charge is 0.313 e. The van der Waals surface area contributed by atoms with E-state index in [0.29, 0.717) is 4.34 Å². The van der Waals surface area contributed by atoms with E-state index in [4.69, 9.17) is 5.11 Å². The third-order valence-corrected chi connectivity index (χ3v) is 4.27. The zero-order valence-corrected chi connectivity index (χ0v) is 12.4. The van der Waals surface area contributed by atoms with Crippen LogP contribution in [0.25, 0.3) is 0 Å². The first-order chi connectivity index (χ1) is 9.95. The van der Waals surface area contributed by atoms with Crippen molar-refractivity contribution in [3.8, 4) is 0 Å². The Balaban J connectivity index is 2.06. The number of aliphatic carboxylic acids is 1. The van der Waals surface area contributed by atoms with Crippen LogP contribution in [0.3, 0.4) is 0 Å². The summed E-state index contributed by atoms with van der Waals surface area (Å²) in [6.45, 7) is 1.75. The van der Waals surface area contributed by atoms with Gasteiger partial charge in [-0.05, 0) is 19.1 Å². The fraction of sp³-hybridized carbons (Fsp3) is 0.167. The summed E-state index contributed by atoms with van der Waals surface area (Å²) >= 11 is 2.03. The van der Waals surface area contributed by atoms with Crippen molar-refractivity contribution in [2.75, 3.05) is 11.1 Å². The lowest BCUT2D eigenvalue weighted by molar-refractivity contribution is -0.133. The van der Waals surface area contributed by atoms with Gasteiger partial charge < -0.3 is 5.11 Å². The van der Waals surface area contributed by atoms with E-state index >= 15 is 0 Å². The summed E-state index contributed by atoms with van der Waals surface area (Å²) in [5, 5.41) is 18.6. The minimum absolute atomic E-state index is 0.0788. The van der Waals surface area contributed by atoms with Crippen LogP contribution < -0.4 is 5.32 Å². The molecule has 0 bridgehead atoms. The Morgan fingerprint density at radius 2 is 2.19 bits per heavy atom. The number of benzene rings is 1. The highest BCUT2D eigenvalue weighted by atomic mass is 32.2. The molecule has 1 aromatic carbocycles. The predicted octanol–water partition coefficient (Wildman–Crippen LogP) is 2.41. The van der Waals surface area contributed by atoms with E-state index in [0.717, 1.165) is 28.7 Å². The minimum Gasteiger partial charge on any atom is -0.481 e. The number of carbonyl (C=O) groups excluding carboxylic acids is 1. The molecule has 2 aromatic rings. The van der Waals surface area contributed by atoms with Gasteiger partial charge in [0.15, 0.2) is 4.34 Å². The number of carbonyl (C=O) groups is 2. The van der Waals surface area contributed by atoms with Gasteiger partial charge in [0.25, 0.3) is 5.91 Å². The summed E-state index contributed by atoms with van der Waals surface area (Å²) in [7, 11) is 0. The maximum atomic E-state index is 13.6. The van der Waals surface area contributed by atoms with Gasteiger partial charge in [-0.2, -0.15) is 0 Å². The van der Waals surface area contributed by atoms with E-state index in [1.54, 1.807) is 13.0 Å². The van der Waals surface area contributed by atoms with Crippen LogP contribution in [-0.2, 0) is 4.79 Å². The minimum atomic E-state index is -0.970. The molecule has 1 heterocycles. The normalized spacial score (nSPS) is 10.4. The molecule has 21 heavy (non-hydrogen) atoms. The molecule has 110 valence electrons. The van der Waals surface area contributed by atoms with Gasteiger partial charge in [0.05, 0.1) is 11.3 Å². The van der Waals surface area contributed by atoms with Gasteiger partial charge >= 0.3 is 5.97 Å². The number of aromatic nitrogens is 2. The number of aryl methyl sites for hydroxylation is 1. The summed E-state index contributed by atoms with van der Waals surface area (Å²) in [5.74, 6) is -2.36. The SMILES string of the molecule is Cc1ccc(F)c(C(=O)Nc2nnc(SCC(=O)O)s2)c1. The molecular formula is C12H10FN3O3S2. The molecule has 0 atom stereocenters. The van der Waals surface area contributed by atoms with Gasteiger partial charge in [-0.25, -0.2) is 4.39 Å². The largest absolute Gasteiger partial charge is 0.481 e. The number of halogens is 1. The van der Waals surface area contributed by atoms with Crippen LogP contribution in [0.4, 0.5) is 9.52 Å². The molecule has 0 saturated heterocycles. The number of hydrogen-bond donors (Lipinski definition) is 2. The molecule has 0 aliphatic heterocycles. The van der Waals surface area contributed by atoms with Crippen LogP contribution in [0.5, 0.6) is 0 Å². The summed E-state index contributed by atoms with van der Waals surface area (Å²) < 4.78 is 14.0. The highest BCUT2D eigenvalue weighted by molar-refractivity contribution is 8.01. The molecule has 2 N–H and O–H groups in total. The molecule has 0 fully saturated rings. The van der Waals surface area contributed by atoms with E-state index in [-0.39, 0.29) is 16.4 Å². The lowest BCUT2D eigenvalue weighted by Crippen LogP contribution is -2.13. The van der Waals surface area contributed by atoms with Crippen LogP contribution >= 0.6 is 23.1 Å². The second-order valence-corrected chi connectivity index (χ2v) is 6.19. The van der Waals surface area contributed by atoms with E-state index < -0.39 is 17.7 Å². The van der Waals surface area contributed by atoms with Crippen LogP contribution in [0.15, 0.2) is 22.5 Å². The van der Waals surface area contributed by atoms with Crippen molar-refractivity contribution < 1.29 is 19.1 Å². The topological polar surface area (TPSA) is 92.2 Å². The number of carboxylic acids is 1. The molecular weight excluding hydrogens is 317 g/mol. The Morgan fingerprint density at radius 3 is 2.90 bits per heavy atom. The Labute approximate surface area is 127 Å². The summed E-state index contributed by atoms with van der Waals surface area (Å²) in [5.41, 5.74) is 0.682. The number of hydrogen-bond acceptors (Lipinski definition) is 6. The Hall–Kier alpha value is -2.00. The van der Waals surface area contributed by atoms with Crippen LogP contribution in [0, 0.1) is 12.7 Å². The van der Waals surface area contributed by atoms with Gasteiger partial charge in [0.2, 0.25) is 5.13 Å². The number of thioether (sulfide) groups is 1. The first-order valence-corrected chi connectivity index (χ1v) is 7.51. The summed E-state index contributed by atoms with van der Waals surface area (Å²) in [6.07, 6.45) is 0. The highest BCUT2D eigenvalue weighted by Crippen LogP contribution is 2.25. The molecule has 0 unspecified atom stereocenters. The average molecular weight is 327 g/mol. The molecule has 1 amide bonds. The quantitative estimate of drug-likeness (QED) is 0.647. The first kappa shape index (κ1) is 15.4. The fourth-order valence-corrected chi connectivity index (χ4v) is 2.89. The summed E-state index contributed by atoms with van der Waals surface area (Å²) in [4.78, 5) is 22.4. The maximum Gasteiger partial charge on any atom is 0.313 e. The number of carboxylic acid groups (broad SMARTS) is 1. The second-order valence-electron chi connectivity index (χ2n) is 3.99. The Morgan fingerprint density at radius 1 is 1.43 bits per heavy atom. The lowest BCUT2D eigenvalue weighted by atomic mass is 10.1. The zero-order valence-electron chi connectivity index (χ0n) is 10.8. The average Bonchev–Trinajstić information content (AvgIpc) is 2.86. The number of nitrogens with zero attached hydrogens (tertiary/aromatic N) is 2. The van der Waals surface area contributed by atoms with Gasteiger partial charge in [-0.3, -0.25) is 14.9 Å². The lowest BCUT2D eigenvalue weighted by Gasteiger charge is -2.03. The molecule has 0 aliphatic carbocycles. The molecule has 1 aromatic heterocycles. The van der Waals surface area contributed by atoms with Crippen LogP contribution in [-0.4, -0.2) is 32.9 Å². The van der Waals surface area contributed by atoms with Gasteiger partial charge in [-0.1, -0.05) is 34.7 Å². The van der Waals surface area contributed by atoms with Crippen molar-refractivity contribution in [1.29, 1.82) is 0 Å². The van der Waals surface area contributed by atoms with Crippen molar-refractivity contribution in [1.82, 2.24) is 10.2 Å². The molecule has 2 rings (SSSR count). The van der Waals surface area contributed by atoms with Gasteiger partial charge in [-0.15, -0.1) is 10.2 Å². The maximum absolute atomic E-state index is 13.6. The Bertz CT molecular complexity index is 690. The van der Waals surface area contributed by atoms with Crippen LogP contribution in [0.2, 0.25) is 0 Å². The van der Waals surface area contributed by atoms with Crippen molar-refractivity contribution >= 4 is 40.1 Å². The monoisotopic (exact) mass is 327 g/mol. The van der Waals surface area contributed by atoms with E-state index in [9.17, 15) is 14.0 Å². The molecule has 0 radical (unpaired) electrons. The molecule has 0 spiro atoms. The summed E-state index contributed by atoms with van der Waals surface area (Å²) in [6, 6.07) is 4.22. The van der Waals surface area contributed by atoms with Crippen molar-refractivity contribution in [2.45, 2.75) is 11.3 Å². The third-order valence-electron chi connectivity index (χ3n) is 2.31. The van der Waals surface area contributed by atoms with E-state index in [1.807, 2.05) is 0 Å². The molecule has 0 saturated carbocycles. The predicted molar refractivity (Wildman–Crippen MR) is 77.4 cm³/mol.